The van der Waals surface area contributed by atoms with Crippen molar-refractivity contribution in [1.29, 1.82) is 0 Å². The first-order chi connectivity index (χ1) is 13.0. The number of rotatable bonds is 8. The SMILES string of the molecule is COc1ccc(C(=O)OCC(=O)NCc2ccc(Cl)cc2)c(OC)c1OC. The van der Waals surface area contributed by atoms with Crippen LogP contribution in [0, 0.1) is 0 Å². The minimum absolute atomic E-state index is 0.126. The summed E-state index contributed by atoms with van der Waals surface area (Å²) in [5.41, 5.74) is 1.00. The summed E-state index contributed by atoms with van der Waals surface area (Å²) in [4.78, 5) is 24.2. The summed E-state index contributed by atoms with van der Waals surface area (Å²) in [6.07, 6.45) is 0. The van der Waals surface area contributed by atoms with Gasteiger partial charge in [-0.05, 0) is 29.8 Å². The molecule has 0 aliphatic heterocycles. The smallest absolute Gasteiger partial charge is 0.342 e. The van der Waals surface area contributed by atoms with Gasteiger partial charge in [0.2, 0.25) is 5.75 Å². The van der Waals surface area contributed by atoms with E-state index in [0.29, 0.717) is 17.3 Å². The van der Waals surface area contributed by atoms with E-state index in [1.165, 1.54) is 27.4 Å². The standard InChI is InChI=1S/C19H20ClNO6/c1-24-15-9-8-14(17(25-2)18(15)26-3)19(23)27-11-16(22)21-10-12-4-6-13(20)7-5-12/h4-9H,10-11H2,1-3H3,(H,21,22). The van der Waals surface area contributed by atoms with Crippen LogP contribution >= 0.6 is 11.6 Å². The summed E-state index contributed by atoms with van der Waals surface area (Å²) in [6, 6.07) is 10.1. The zero-order valence-electron chi connectivity index (χ0n) is 15.2. The predicted octanol–water partition coefficient (Wildman–Crippen LogP) is 2.84. The van der Waals surface area contributed by atoms with E-state index in [2.05, 4.69) is 5.32 Å². The molecule has 0 heterocycles. The molecular weight excluding hydrogens is 374 g/mol. The third-order valence-corrected chi connectivity index (χ3v) is 3.91. The van der Waals surface area contributed by atoms with Gasteiger partial charge in [0.15, 0.2) is 18.1 Å². The molecule has 7 nitrogen and oxygen atoms in total. The van der Waals surface area contributed by atoms with Crippen LogP contribution in [0.25, 0.3) is 0 Å². The van der Waals surface area contributed by atoms with Crippen molar-refractivity contribution in [3.05, 3.63) is 52.5 Å². The van der Waals surface area contributed by atoms with Gasteiger partial charge in [-0.15, -0.1) is 0 Å². The molecule has 0 aliphatic rings. The normalized spacial score (nSPS) is 10.1. The molecule has 0 fully saturated rings. The van der Waals surface area contributed by atoms with E-state index in [9.17, 15) is 9.59 Å². The monoisotopic (exact) mass is 393 g/mol. The van der Waals surface area contributed by atoms with Crippen LogP contribution in [-0.4, -0.2) is 39.8 Å². The van der Waals surface area contributed by atoms with Gasteiger partial charge in [0.25, 0.3) is 5.91 Å². The number of carbonyl (C=O) groups is 2. The number of ether oxygens (including phenoxy) is 4. The van der Waals surface area contributed by atoms with E-state index >= 15 is 0 Å². The van der Waals surface area contributed by atoms with Gasteiger partial charge in [0.1, 0.15) is 5.56 Å². The second-order valence-electron chi connectivity index (χ2n) is 5.36. The number of benzene rings is 2. The molecule has 8 heteroatoms. The fraction of sp³-hybridized carbons (Fsp3) is 0.263. The summed E-state index contributed by atoms with van der Waals surface area (Å²) >= 11 is 5.81. The number of esters is 1. The maximum absolute atomic E-state index is 12.3. The number of halogens is 1. The molecule has 0 bridgehead atoms. The van der Waals surface area contributed by atoms with Crippen LogP contribution in [0.4, 0.5) is 0 Å². The van der Waals surface area contributed by atoms with Gasteiger partial charge >= 0.3 is 5.97 Å². The van der Waals surface area contributed by atoms with Crippen LogP contribution in [0.5, 0.6) is 17.2 Å². The van der Waals surface area contributed by atoms with E-state index < -0.39 is 18.5 Å². The predicted molar refractivity (Wildman–Crippen MR) is 99.7 cm³/mol. The average molecular weight is 394 g/mol. The molecule has 144 valence electrons. The molecule has 2 aromatic rings. The number of nitrogens with one attached hydrogen (secondary N) is 1. The van der Waals surface area contributed by atoms with Crippen LogP contribution in [0.15, 0.2) is 36.4 Å². The molecule has 0 unspecified atom stereocenters. The summed E-state index contributed by atoms with van der Waals surface area (Å²) < 4.78 is 20.7. The van der Waals surface area contributed by atoms with Crippen molar-refractivity contribution >= 4 is 23.5 Å². The molecule has 2 aromatic carbocycles. The summed E-state index contributed by atoms with van der Waals surface area (Å²) in [5.74, 6) is -0.302. The topological polar surface area (TPSA) is 83.1 Å². The van der Waals surface area contributed by atoms with Gasteiger partial charge in [-0.1, -0.05) is 23.7 Å². The van der Waals surface area contributed by atoms with E-state index in [1.54, 1.807) is 30.3 Å². The molecule has 0 atom stereocenters. The van der Waals surface area contributed by atoms with Crippen LogP contribution in [0.1, 0.15) is 15.9 Å². The highest BCUT2D eigenvalue weighted by Gasteiger charge is 2.22. The molecule has 1 N–H and O–H groups in total. The zero-order chi connectivity index (χ0) is 19.8. The molecule has 0 spiro atoms. The van der Waals surface area contributed by atoms with Crippen molar-refractivity contribution in [3.8, 4) is 17.2 Å². The molecule has 0 saturated carbocycles. The highest BCUT2D eigenvalue weighted by Crippen LogP contribution is 2.39. The van der Waals surface area contributed by atoms with Gasteiger partial charge < -0.3 is 24.3 Å². The fourth-order valence-corrected chi connectivity index (χ4v) is 2.45. The summed E-state index contributed by atoms with van der Waals surface area (Å²) in [6.45, 7) is -0.128. The zero-order valence-corrected chi connectivity index (χ0v) is 16.0. The minimum atomic E-state index is -0.713. The lowest BCUT2D eigenvalue weighted by Gasteiger charge is -2.15. The highest BCUT2D eigenvalue weighted by molar-refractivity contribution is 6.30. The third-order valence-electron chi connectivity index (χ3n) is 3.66. The second kappa shape index (κ2) is 9.68. The first kappa shape index (κ1) is 20.4. The van der Waals surface area contributed by atoms with Crippen molar-refractivity contribution in [2.75, 3.05) is 27.9 Å². The Kier molecular flexibility index (Phi) is 7.31. The lowest BCUT2D eigenvalue weighted by atomic mass is 10.1. The fourth-order valence-electron chi connectivity index (χ4n) is 2.32. The maximum atomic E-state index is 12.3. The van der Waals surface area contributed by atoms with Gasteiger partial charge in [-0.3, -0.25) is 4.79 Å². The second-order valence-corrected chi connectivity index (χ2v) is 5.80. The Labute approximate surface area is 162 Å². The quantitative estimate of drug-likeness (QED) is 0.694. The van der Waals surface area contributed by atoms with E-state index in [1.807, 2.05) is 0 Å². The molecule has 0 saturated heterocycles. The Morgan fingerprint density at radius 1 is 0.926 bits per heavy atom. The molecule has 0 aliphatic carbocycles. The highest BCUT2D eigenvalue weighted by atomic mass is 35.5. The minimum Gasteiger partial charge on any atom is -0.493 e. The van der Waals surface area contributed by atoms with E-state index in [-0.39, 0.29) is 17.1 Å². The third kappa shape index (κ3) is 5.27. The lowest BCUT2D eigenvalue weighted by Crippen LogP contribution is -2.28. The Balaban J connectivity index is 1.96. The van der Waals surface area contributed by atoms with E-state index in [0.717, 1.165) is 5.56 Å². The number of methoxy groups -OCH3 is 3. The van der Waals surface area contributed by atoms with Crippen LogP contribution in [-0.2, 0) is 16.1 Å². The lowest BCUT2D eigenvalue weighted by molar-refractivity contribution is -0.124. The first-order valence-corrected chi connectivity index (χ1v) is 8.35. The van der Waals surface area contributed by atoms with Crippen molar-refractivity contribution < 1.29 is 28.5 Å². The van der Waals surface area contributed by atoms with Gasteiger partial charge in [0, 0.05) is 11.6 Å². The summed E-state index contributed by atoms with van der Waals surface area (Å²) in [5, 5.41) is 3.27. The Morgan fingerprint density at radius 2 is 1.59 bits per heavy atom. The van der Waals surface area contributed by atoms with E-state index in [4.69, 9.17) is 30.5 Å². The number of amides is 1. The van der Waals surface area contributed by atoms with Crippen LogP contribution < -0.4 is 19.5 Å². The van der Waals surface area contributed by atoms with Crippen LogP contribution in [0.3, 0.4) is 0 Å². The van der Waals surface area contributed by atoms with Gasteiger partial charge in [-0.25, -0.2) is 4.79 Å². The van der Waals surface area contributed by atoms with Crippen LogP contribution in [0.2, 0.25) is 5.02 Å². The van der Waals surface area contributed by atoms with Crippen molar-refractivity contribution in [2.24, 2.45) is 0 Å². The maximum Gasteiger partial charge on any atom is 0.342 e. The molecule has 0 aromatic heterocycles. The number of carbonyl (C=O) groups excluding carboxylic acids is 2. The molecule has 1 amide bonds. The molecule has 2 rings (SSSR count). The average Bonchev–Trinajstić information content (AvgIpc) is 2.70. The van der Waals surface area contributed by atoms with Crippen molar-refractivity contribution in [3.63, 3.8) is 0 Å². The van der Waals surface area contributed by atoms with Crippen molar-refractivity contribution in [1.82, 2.24) is 5.32 Å². The first-order valence-electron chi connectivity index (χ1n) is 7.97. The number of hydrogen-bond donors (Lipinski definition) is 1. The Morgan fingerprint density at radius 3 is 2.19 bits per heavy atom. The molecule has 0 radical (unpaired) electrons. The number of hydrogen-bond acceptors (Lipinski definition) is 6. The molecular formula is C19H20ClNO6. The van der Waals surface area contributed by atoms with Crippen molar-refractivity contribution in [2.45, 2.75) is 6.54 Å². The Hall–Kier alpha value is -2.93. The largest absolute Gasteiger partial charge is 0.493 e. The van der Waals surface area contributed by atoms with Gasteiger partial charge in [0.05, 0.1) is 21.3 Å². The Bertz CT molecular complexity index is 807. The summed E-state index contributed by atoms with van der Waals surface area (Å²) in [7, 11) is 4.30. The van der Waals surface area contributed by atoms with Gasteiger partial charge in [-0.2, -0.15) is 0 Å². The molecule has 27 heavy (non-hydrogen) atoms.